The van der Waals surface area contributed by atoms with Gasteiger partial charge in [-0.3, -0.25) is 14.6 Å². The van der Waals surface area contributed by atoms with Crippen LogP contribution in [0.5, 0.6) is 0 Å². The van der Waals surface area contributed by atoms with Crippen molar-refractivity contribution in [1.82, 2.24) is 19.8 Å². The molecule has 3 rings (SSSR count). The van der Waals surface area contributed by atoms with E-state index in [1.807, 2.05) is 0 Å². The summed E-state index contributed by atoms with van der Waals surface area (Å²) >= 11 is 0. The number of amides is 1. The molecular formula is C19H30N4O5. The van der Waals surface area contributed by atoms with Crippen molar-refractivity contribution in [2.75, 3.05) is 53.0 Å². The minimum atomic E-state index is -0.652. The lowest BCUT2D eigenvalue weighted by molar-refractivity contribution is 0.0435. The van der Waals surface area contributed by atoms with Gasteiger partial charge in [-0.05, 0) is 44.7 Å². The van der Waals surface area contributed by atoms with Crippen LogP contribution < -0.4 is 11.2 Å². The molecule has 2 aliphatic heterocycles. The van der Waals surface area contributed by atoms with Crippen molar-refractivity contribution in [3.05, 3.63) is 32.6 Å². The number of hydrogen-bond donors (Lipinski definition) is 2. The molecule has 9 heteroatoms. The SMILES string of the molecule is COCCN1CCC(CN(CC2CCCO2)C(=O)c2c[nH]c(=O)[nH]c2=O)CC1. The van der Waals surface area contributed by atoms with Crippen LogP contribution in [-0.4, -0.2) is 84.8 Å². The summed E-state index contributed by atoms with van der Waals surface area (Å²) in [5, 5.41) is 0. The minimum Gasteiger partial charge on any atom is -0.383 e. The fourth-order valence-corrected chi connectivity index (χ4v) is 3.94. The van der Waals surface area contributed by atoms with E-state index in [1.54, 1.807) is 12.0 Å². The second-order valence-electron chi connectivity index (χ2n) is 7.61. The molecule has 9 nitrogen and oxygen atoms in total. The molecule has 1 aromatic heterocycles. The number of carbonyl (C=O) groups excluding carboxylic acids is 1. The third-order valence-corrected chi connectivity index (χ3v) is 5.58. The van der Waals surface area contributed by atoms with E-state index in [0.717, 1.165) is 51.9 Å². The van der Waals surface area contributed by atoms with Crippen molar-refractivity contribution in [2.45, 2.75) is 31.8 Å². The standard InChI is InChI=1S/C19H30N4O5/c1-27-10-8-22-6-4-14(5-7-22)12-23(13-15-3-2-9-28-15)18(25)16-11-20-19(26)21-17(16)24/h11,14-15H,2-10,12-13H2,1H3,(H2,20,21,24,26). The molecule has 0 aromatic carbocycles. The third-order valence-electron chi connectivity index (χ3n) is 5.58. The quantitative estimate of drug-likeness (QED) is 0.645. The number of carbonyl (C=O) groups is 1. The van der Waals surface area contributed by atoms with E-state index in [2.05, 4.69) is 14.9 Å². The minimum absolute atomic E-state index is 0.00702. The van der Waals surface area contributed by atoms with Gasteiger partial charge in [0.2, 0.25) is 0 Å². The van der Waals surface area contributed by atoms with Crippen molar-refractivity contribution in [1.29, 1.82) is 0 Å². The largest absolute Gasteiger partial charge is 0.383 e. The van der Waals surface area contributed by atoms with Crippen LogP contribution >= 0.6 is 0 Å². The van der Waals surface area contributed by atoms with E-state index < -0.39 is 11.2 Å². The molecule has 3 heterocycles. The number of nitrogens with zero attached hydrogens (tertiary/aromatic N) is 2. The van der Waals surface area contributed by atoms with Gasteiger partial charge in [0, 0.05) is 39.5 Å². The average Bonchev–Trinajstić information content (AvgIpc) is 3.19. The zero-order valence-electron chi connectivity index (χ0n) is 16.4. The molecule has 1 atom stereocenters. The maximum absolute atomic E-state index is 13.0. The first-order valence-electron chi connectivity index (χ1n) is 10.0. The summed E-state index contributed by atoms with van der Waals surface area (Å²) in [4.78, 5) is 45.0. The van der Waals surface area contributed by atoms with Crippen LogP contribution in [0.25, 0.3) is 0 Å². The predicted molar refractivity (Wildman–Crippen MR) is 104 cm³/mol. The topological polar surface area (TPSA) is 108 Å². The fourth-order valence-electron chi connectivity index (χ4n) is 3.94. The predicted octanol–water partition coefficient (Wildman–Crippen LogP) is 0.0428. The van der Waals surface area contributed by atoms with Crippen LogP contribution in [0.3, 0.4) is 0 Å². The van der Waals surface area contributed by atoms with E-state index in [4.69, 9.17) is 9.47 Å². The van der Waals surface area contributed by atoms with Gasteiger partial charge >= 0.3 is 5.69 Å². The van der Waals surface area contributed by atoms with E-state index in [0.29, 0.717) is 25.6 Å². The Balaban J connectivity index is 1.66. The Bertz CT molecular complexity index is 747. The van der Waals surface area contributed by atoms with Crippen LogP contribution in [-0.2, 0) is 9.47 Å². The van der Waals surface area contributed by atoms with Crippen LogP contribution in [0.1, 0.15) is 36.0 Å². The number of nitrogens with one attached hydrogen (secondary N) is 2. The Labute approximate surface area is 164 Å². The molecular weight excluding hydrogens is 364 g/mol. The molecule has 0 bridgehead atoms. The maximum Gasteiger partial charge on any atom is 0.325 e. The van der Waals surface area contributed by atoms with E-state index in [1.165, 1.54) is 6.20 Å². The molecule has 1 unspecified atom stereocenters. The zero-order chi connectivity index (χ0) is 19.9. The van der Waals surface area contributed by atoms with Gasteiger partial charge in [-0.25, -0.2) is 4.79 Å². The second-order valence-corrected chi connectivity index (χ2v) is 7.61. The lowest BCUT2D eigenvalue weighted by Gasteiger charge is -2.35. The van der Waals surface area contributed by atoms with Crippen LogP contribution in [0.4, 0.5) is 0 Å². The zero-order valence-corrected chi connectivity index (χ0v) is 16.4. The Kier molecular flexibility index (Phi) is 7.41. The number of H-pyrrole nitrogens is 2. The first-order valence-corrected chi connectivity index (χ1v) is 10.0. The Morgan fingerprint density at radius 2 is 2.07 bits per heavy atom. The van der Waals surface area contributed by atoms with Crippen molar-refractivity contribution < 1.29 is 14.3 Å². The lowest BCUT2D eigenvalue weighted by Crippen LogP contribution is -2.45. The molecule has 0 radical (unpaired) electrons. The second kappa shape index (κ2) is 9.99. The molecule has 0 saturated carbocycles. The van der Waals surface area contributed by atoms with E-state index >= 15 is 0 Å². The number of aromatic nitrogens is 2. The van der Waals surface area contributed by atoms with Gasteiger partial charge < -0.3 is 24.3 Å². The molecule has 2 aliphatic rings. The molecule has 2 N–H and O–H groups in total. The molecule has 0 aliphatic carbocycles. The number of hydrogen-bond acceptors (Lipinski definition) is 6. The lowest BCUT2D eigenvalue weighted by atomic mass is 9.95. The molecule has 1 amide bonds. The smallest absolute Gasteiger partial charge is 0.325 e. The normalized spacial score (nSPS) is 21.1. The van der Waals surface area contributed by atoms with Gasteiger partial charge in [-0.2, -0.15) is 0 Å². The highest BCUT2D eigenvalue weighted by atomic mass is 16.5. The summed E-state index contributed by atoms with van der Waals surface area (Å²) in [6, 6.07) is 0. The Morgan fingerprint density at radius 3 is 2.71 bits per heavy atom. The van der Waals surface area contributed by atoms with Gasteiger partial charge in [-0.15, -0.1) is 0 Å². The first-order chi connectivity index (χ1) is 13.6. The van der Waals surface area contributed by atoms with Crippen molar-refractivity contribution in [3.8, 4) is 0 Å². The summed E-state index contributed by atoms with van der Waals surface area (Å²) in [5.74, 6) is 0.0285. The molecule has 2 saturated heterocycles. The van der Waals surface area contributed by atoms with Crippen LogP contribution in [0, 0.1) is 5.92 Å². The van der Waals surface area contributed by atoms with Crippen molar-refractivity contribution >= 4 is 5.91 Å². The summed E-state index contributed by atoms with van der Waals surface area (Å²) in [6.07, 6.45) is 5.12. The number of methoxy groups -OCH3 is 1. The summed E-state index contributed by atoms with van der Waals surface area (Å²) in [7, 11) is 1.71. The Morgan fingerprint density at radius 1 is 1.29 bits per heavy atom. The maximum atomic E-state index is 13.0. The summed E-state index contributed by atoms with van der Waals surface area (Å²) < 4.78 is 10.9. The van der Waals surface area contributed by atoms with Crippen LogP contribution in [0.2, 0.25) is 0 Å². The highest BCUT2D eigenvalue weighted by Gasteiger charge is 2.28. The summed E-state index contributed by atoms with van der Waals surface area (Å²) in [6.45, 7) is 5.39. The van der Waals surface area contributed by atoms with Crippen molar-refractivity contribution in [3.63, 3.8) is 0 Å². The number of rotatable bonds is 8. The molecule has 156 valence electrons. The number of likely N-dealkylation sites (tertiary alicyclic amines) is 1. The average molecular weight is 394 g/mol. The molecule has 28 heavy (non-hydrogen) atoms. The van der Waals surface area contributed by atoms with Gasteiger partial charge in [0.05, 0.1) is 12.7 Å². The van der Waals surface area contributed by atoms with E-state index in [-0.39, 0.29) is 17.6 Å². The first kappa shape index (κ1) is 20.8. The molecule has 2 fully saturated rings. The molecule has 0 spiro atoms. The van der Waals surface area contributed by atoms with Gasteiger partial charge in [-0.1, -0.05) is 0 Å². The highest BCUT2D eigenvalue weighted by molar-refractivity contribution is 5.93. The third kappa shape index (κ3) is 5.52. The number of piperidine rings is 1. The Hall–Kier alpha value is -1.97. The van der Waals surface area contributed by atoms with Gasteiger partial charge in [0.15, 0.2) is 0 Å². The molecule has 1 aromatic rings. The highest BCUT2D eigenvalue weighted by Crippen LogP contribution is 2.21. The van der Waals surface area contributed by atoms with Crippen LogP contribution in [0.15, 0.2) is 15.8 Å². The number of aromatic amines is 2. The summed E-state index contributed by atoms with van der Waals surface area (Å²) in [5.41, 5.74) is -1.30. The number of ether oxygens (including phenoxy) is 2. The monoisotopic (exact) mass is 394 g/mol. The van der Waals surface area contributed by atoms with Gasteiger partial charge in [0.25, 0.3) is 11.5 Å². The van der Waals surface area contributed by atoms with E-state index in [9.17, 15) is 14.4 Å². The fraction of sp³-hybridized carbons (Fsp3) is 0.737. The van der Waals surface area contributed by atoms with Crippen molar-refractivity contribution in [2.24, 2.45) is 5.92 Å². The van der Waals surface area contributed by atoms with Gasteiger partial charge in [0.1, 0.15) is 5.56 Å².